The average Bonchev–Trinajstić information content (AvgIpc) is 2.18. The third-order valence-corrected chi connectivity index (χ3v) is 1.53. The minimum absolute atomic E-state index is 0.546. The van der Waals surface area contributed by atoms with E-state index >= 15 is 0 Å². The number of oxime groups is 1. The Morgan fingerprint density at radius 1 is 1.78 bits per heavy atom. The Bertz CT molecular complexity index is 122. The normalized spacial score (nSPS) is 31.3. The second-order valence-electron chi connectivity index (χ2n) is 2.30. The van der Waals surface area contributed by atoms with Gasteiger partial charge in [0.15, 0.2) is 0 Å². The van der Waals surface area contributed by atoms with Crippen molar-refractivity contribution < 1.29 is 4.84 Å². The highest BCUT2D eigenvalue weighted by Gasteiger charge is 2.17. The molecule has 3 nitrogen and oxygen atoms in total. The molecule has 1 unspecified atom stereocenters. The molecule has 0 aliphatic carbocycles. The minimum atomic E-state index is 0.546. The van der Waals surface area contributed by atoms with Gasteiger partial charge in [0.05, 0.1) is 5.71 Å². The van der Waals surface area contributed by atoms with Crippen LogP contribution in [-0.2, 0) is 4.84 Å². The predicted octanol–water partition coefficient (Wildman–Crippen LogP) is 0.228. The molecule has 0 amide bonds. The lowest BCUT2D eigenvalue weighted by Gasteiger charge is -1.98. The lowest BCUT2D eigenvalue weighted by atomic mass is 10.1. The summed E-state index contributed by atoms with van der Waals surface area (Å²) < 4.78 is 0. The van der Waals surface area contributed by atoms with Gasteiger partial charge in [-0.05, 0) is 0 Å². The first-order chi connectivity index (χ1) is 4.34. The third kappa shape index (κ3) is 1.42. The van der Waals surface area contributed by atoms with Crippen molar-refractivity contribution in [2.45, 2.75) is 6.92 Å². The van der Waals surface area contributed by atoms with Crippen molar-refractivity contribution in [3.05, 3.63) is 0 Å². The van der Waals surface area contributed by atoms with Crippen LogP contribution in [0.5, 0.6) is 0 Å². The van der Waals surface area contributed by atoms with Crippen molar-refractivity contribution in [3.8, 4) is 0 Å². The van der Waals surface area contributed by atoms with E-state index in [1.165, 1.54) is 0 Å². The van der Waals surface area contributed by atoms with Crippen molar-refractivity contribution in [2.24, 2.45) is 11.1 Å². The summed E-state index contributed by atoms with van der Waals surface area (Å²) in [4.78, 5) is 4.64. The zero-order valence-corrected chi connectivity index (χ0v) is 5.85. The fourth-order valence-electron chi connectivity index (χ4n) is 0.948. The quantitative estimate of drug-likeness (QED) is 0.513. The second kappa shape index (κ2) is 2.82. The summed E-state index contributed by atoms with van der Waals surface area (Å²) in [6, 6.07) is 0. The van der Waals surface area contributed by atoms with Crippen LogP contribution in [-0.4, -0.2) is 25.9 Å². The fourth-order valence-corrected chi connectivity index (χ4v) is 0.948. The van der Waals surface area contributed by atoms with Crippen LogP contribution in [0.15, 0.2) is 5.16 Å². The van der Waals surface area contributed by atoms with Crippen LogP contribution in [0.1, 0.15) is 6.92 Å². The number of rotatable bonds is 1. The van der Waals surface area contributed by atoms with Gasteiger partial charge in [-0.2, -0.15) is 0 Å². The summed E-state index contributed by atoms with van der Waals surface area (Å²) in [6.07, 6.45) is 0. The monoisotopic (exact) mass is 128 g/mol. The summed E-state index contributed by atoms with van der Waals surface area (Å²) in [5.74, 6) is 0.546. The van der Waals surface area contributed by atoms with Crippen molar-refractivity contribution in [3.63, 3.8) is 0 Å². The molecule has 1 fully saturated rings. The highest BCUT2D eigenvalue weighted by atomic mass is 16.6. The number of hydrogen-bond donors (Lipinski definition) is 1. The van der Waals surface area contributed by atoms with E-state index in [9.17, 15) is 0 Å². The highest BCUT2D eigenvalue weighted by molar-refractivity contribution is 5.89. The first-order valence-corrected chi connectivity index (χ1v) is 3.15. The Hall–Kier alpha value is -0.570. The molecule has 0 spiro atoms. The maximum absolute atomic E-state index is 4.64. The van der Waals surface area contributed by atoms with Crippen molar-refractivity contribution in [1.29, 1.82) is 0 Å². The summed E-state index contributed by atoms with van der Waals surface area (Å²) >= 11 is 0. The van der Waals surface area contributed by atoms with E-state index in [1.807, 2.05) is 0 Å². The Labute approximate surface area is 55.1 Å². The third-order valence-electron chi connectivity index (χ3n) is 1.53. The van der Waals surface area contributed by atoms with Gasteiger partial charge in [-0.25, -0.2) is 0 Å². The summed E-state index contributed by atoms with van der Waals surface area (Å²) in [6.45, 7) is 4.05. The smallest absolute Gasteiger partial charge is 0.106 e. The van der Waals surface area contributed by atoms with Crippen LogP contribution in [0.2, 0.25) is 0 Å². The molecule has 1 rings (SSSR count). The molecule has 0 aromatic rings. The molecule has 1 N–H and O–H groups in total. The molecular formula is C6H12N2O. The van der Waals surface area contributed by atoms with Gasteiger partial charge in [0.25, 0.3) is 0 Å². The number of hydrogen-bond acceptors (Lipinski definition) is 3. The molecule has 0 bridgehead atoms. The zero-order chi connectivity index (χ0) is 6.69. The first kappa shape index (κ1) is 6.55. The van der Waals surface area contributed by atoms with Crippen molar-refractivity contribution in [2.75, 3.05) is 20.2 Å². The van der Waals surface area contributed by atoms with E-state index in [4.69, 9.17) is 0 Å². The van der Waals surface area contributed by atoms with Gasteiger partial charge in [0.2, 0.25) is 0 Å². The van der Waals surface area contributed by atoms with Gasteiger partial charge in [-0.15, -0.1) is 0 Å². The van der Waals surface area contributed by atoms with E-state index in [2.05, 4.69) is 22.2 Å². The standard InChI is InChI=1S/C6H12N2O/c1-5-3-7-4-6(5)8-9-2/h5,7H,3-4H2,1-2H3/b8-6+. The molecule has 0 aromatic heterocycles. The molecule has 1 aliphatic heterocycles. The average molecular weight is 128 g/mol. The second-order valence-corrected chi connectivity index (χ2v) is 2.30. The Morgan fingerprint density at radius 2 is 2.56 bits per heavy atom. The summed E-state index contributed by atoms with van der Waals surface area (Å²) in [5, 5.41) is 7.05. The van der Waals surface area contributed by atoms with Gasteiger partial charge < -0.3 is 10.2 Å². The molecule has 52 valence electrons. The van der Waals surface area contributed by atoms with E-state index in [-0.39, 0.29) is 0 Å². The fraction of sp³-hybridized carbons (Fsp3) is 0.833. The molecule has 1 atom stereocenters. The number of nitrogens with one attached hydrogen (secondary N) is 1. The maximum atomic E-state index is 4.64. The van der Waals surface area contributed by atoms with Gasteiger partial charge in [-0.1, -0.05) is 12.1 Å². The molecule has 1 heterocycles. The van der Waals surface area contributed by atoms with Gasteiger partial charge in [0.1, 0.15) is 7.11 Å². The Morgan fingerprint density at radius 3 is 3.00 bits per heavy atom. The number of nitrogens with zero attached hydrogens (tertiary/aromatic N) is 1. The van der Waals surface area contributed by atoms with Gasteiger partial charge >= 0.3 is 0 Å². The topological polar surface area (TPSA) is 33.6 Å². The highest BCUT2D eigenvalue weighted by Crippen LogP contribution is 2.02. The molecule has 1 saturated heterocycles. The van der Waals surface area contributed by atoms with Crippen molar-refractivity contribution in [1.82, 2.24) is 5.32 Å². The summed E-state index contributed by atoms with van der Waals surface area (Å²) in [7, 11) is 1.58. The lowest BCUT2D eigenvalue weighted by molar-refractivity contribution is 0.211. The van der Waals surface area contributed by atoms with Crippen LogP contribution in [0.3, 0.4) is 0 Å². The van der Waals surface area contributed by atoms with E-state index < -0.39 is 0 Å². The van der Waals surface area contributed by atoms with E-state index in [0.29, 0.717) is 5.92 Å². The van der Waals surface area contributed by atoms with Crippen LogP contribution < -0.4 is 5.32 Å². The minimum Gasteiger partial charge on any atom is -0.399 e. The van der Waals surface area contributed by atoms with E-state index in [1.54, 1.807) is 7.11 Å². The largest absolute Gasteiger partial charge is 0.399 e. The van der Waals surface area contributed by atoms with E-state index in [0.717, 1.165) is 18.8 Å². The SMILES string of the molecule is CO/N=C1\CNCC1C. The first-order valence-electron chi connectivity index (χ1n) is 3.15. The van der Waals surface area contributed by atoms with Crippen molar-refractivity contribution >= 4 is 5.71 Å². The molecule has 0 radical (unpaired) electrons. The predicted molar refractivity (Wildman–Crippen MR) is 36.5 cm³/mol. The summed E-state index contributed by atoms with van der Waals surface area (Å²) in [5.41, 5.74) is 1.12. The molecule has 0 aromatic carbocycles. The lowest BCUT2D eigenvalue weighted by Crippen LogP contribution is -2.08. The zero-order valence-electron chi connectivity index (χ0n) is 5.85. The Kier molecular flexibility index (Phi) is 2.05. The van der Waals surface area contributed by atoms with Crippen LogP contribution in [0.4, 0.5) is 0 Å². The molecular weight excluding hydrogens is 116 g/mol. The Balaban J connectivity index is 2.48. The maximum Gasteiger partial charge on any atom is 0.106 e. The van der Waals surface area contributed by atoms with Gasteiger partial charge in [-0.3, -0.25) is 0 Å². The molecule has 9 heavy (non-hydrogen) atoms. The molecule has 0 saturated carbocycles. The molecule has 3 heteroatoms. The molecule has 1 aliphatic rings. The van der Waals surface area contributed by atoms with Crippen LogP contribution in [0, 0.1) is 5.92 Å². The van der Waals surface area contributed by atoms with Crippen LogP contribution in [0.25, 0.3) is 0 Å². The van der Waals surface area contributed by atoms with Crippen LogP contribution >= 0.6 is 0 Å². The van der Waals surface area contributed by atoms with Gasteiger partial charge in [0, 0.05) is 19.0 Å².